The van der Waals surface area contributed by atoms with Crippen molar-refractivity contribution < 1.29 is 19.8 Å². The van der Waals surface area contributed by atoms with E-state index in [9.17, 15) is 9.59 Å². The smallest absolute Gasteiger partial charge is 0.223 e. The van der Waals surface area contributed by atoms with Crippen molar-refractivity contribution >= 4 is 56.6 Å². The maximum atomic E-state index is 13.1. The third-order valence-corrected chi connectivity index (χ3v) is 13.6. The lowest BCUT2D eigenvalue weighted by atomic mass is 9.99. The third kappa shape index (κ3) is 17.2. The summed E-state index contributed by atoms with van der Waals surface area (Å²) in [6, 6.07) is 20.3. The number of aliphatic hydroxyl groups excluding tert-OH is 2. The van der Waals surface area contributed by atoms with Crippen LogP contribution in [0, 0.1) is 17.8 Å². The number of nitrogens with one attached hydrogen (secondary N) is 3. The van der Waals surface area contributed by atoms with Crippen molar-refractivity contribution in [1.82, 2.24) is 30.4 Å². The van der Waals surface area contributed by atoms with Crippen molar-refractivity contribution in [1.29, 1.82) is 0 Å². The molecule has 12 nitrogen and oxygen atoms in total. The molecule has 7 N–H and O–H groups in total. The Morgan fingerprint density at radius 2 is 1.67 bits per heavy atom. The van der Waals surface area contributed by atoms with E-state index >= 15 is 0 Å². The number of aromatic amines is 1. The minimum absolute atomic E-state index is 0.170. The first-order valence-corrected chi connectivity index (χ1v) is 25.0. The fraction of sp³-hybridized carbons (Fsp3) is 0.490. The maximum Gasteiger partial charge on any atom is 0.223 e. The van der Waals surface area contributed by atoms with E-state index in [1.54, 1.807) is 6.20 Å². The van der Waals surface area contributed by atoms with Gasteiger partial charge in [0.15, 0.2) is 0 Å². The maximum absolute atomic E-state index is 13.1. The summed E-state index contributed by atoms with van der Waals surface area (Å²) in [4.78, 5) is 41.5. The van der Waals surface area contributed by atoms with Crippen molar-refractivity contribution in [2.75, 3.05) is 51.9 Å². The summed E-state index contributed by atoms with van der Waals surface area (Å²) in [6.45, 7) is 26.9. The van der Waals surface area contributed by atoms with Crippen LogP contribution >= 0.6 is 10.0 Å². The number of aliphatic imine (C=N–C) groups is 1. The zero-order valence-electron chi connectivity index (χ0n) is 40.9. The lowest BCUT2D eigenvalue weighted by Crippen LogP contribution is -2.42. The van der Waals surface area contributed by atoms with Gasteiger partial charge in [-0.05, 0) is 111 Å². The zero-order chi connectivity index (χ0) is 48.6. The van der Waals surface area contributed by atoms with Crippen molar-refractivity contribution in [3.63, 3.8) is 0 Å². The van der Waals surface area contributed by atoms with Crippen LogP contribution in [0.2, 0.25) is 0 Å². The second-order valence-corrected chi connectivity index (χ2v) is 21.4. The van der Waals surface area contributed by atoms with Gasteiger partial charge in [0, 0.05) is 49.5 Å². The average Bonchev–Trinajstić information content (AvgIpc) is 4.01. The number of hydrogen-bond donors (Lipinski definition) is 6. The topological polar surface area (TPSA) is 172 Å². The van der Waals surface area contributed by atoms with Crippen molar-refractivity contribution in [2.45, 2.75) is 91.9 Å². The molecule has 13 heteroatoms. The fourth-order valence-corrected chi connectivity index (χ4v) is 10.3. The summed E-state index contributed by atoms with van der Waals surface area (Å²) in [5.41, 5.74) is 10.6. The van der Waals surface area contributed by atoms with Gasteiger partial charge < -0.3 is 41.4 Å². The number of nitrogens with zero attached hydrogens (tertiary/aromatic N) is 4. The first-order valence-electron chi connectivity index (χ1n) is 22.2. The molecule has 1 saturated carbocycles. The van der Waals surface area contributed by atoms with Gasteiger partial charge in [-0.1, -0.05) is 83.7 Å². The van der Waals surface area contributed by atoms with Crippen LogP contribution in [0.5, 0.6) is 0 Å². The number of hydrogen-bond acceptors (Lipinski definition) is 9. The first kappa shape index (κ1) is 57.1. The number of carbonyl (C=O) groups is 2. The predicted octanol–water partition coefficient (Wildman–Crippen LogP) is 9.32. The molecule has 4 unspecified atom stereocenters. The van der Waals surface area contributed by atoms with Gasteiger partial charge >= 0.3 is 0 Å². The van der Waals surface area contributed by atoms with E-state index in [2.05, 4.69) is 166 Å². The van der Waals surface area contributed by atoms with Crippen molar-refractivity contribution in [3.8, 4) is 11.1 Å². The molecule has 1 aromatic heterocycles. The molecule has 1 saturated heterocycles. The zero-order valence-corrected chi connectivity index (χ0v) is 41.7. The number of aromatic nitrogens is 2. The van der Waals surface area contributed by atoms with Gasteiger partial charge in [-0.3, -0.25) is 14.6 Å². The van der Waals surface area contributed by atoms with Crippen LogP contribution in [0.25, 0.3) is 38.6 Å². The molecule has 356 valence electrons. The third-order valence-electron chi connectivity index (χ3n) is 11.3. The highest BCUT2D eigenvalue weighted by Crippen LogP contribution is 2.47. The highest BCUT2D eigenvalue weighted by atomic mass is 32.3. The Morgan fingerprint density at radius 1 is 1.05 bits per heavy atom. The summed E-state index contributed by atoms with van der Waals surface area (Å²) in [5.74, 6) is 4.76. The summed E-state index contributed by atoms with van der Waals surface area (Å²) in [6.07, 6.45) is 12.0. The first-order chi connectivity index (χ1) is 30.6. The van der Waals surface area contributed by atoms with Crippen LogP contribution in [-0.4, -0.2) is 119 Å². The molecule has 2 aliphatic rings. The van der Waals surface area contributed by atoms with Gasteiger partial charge in [-0.25, -0.2) is 15.0 Å². The summed E-state index contributed by atoms with van der Waals surface area (Å²) in [7, 11) is 3.66. The Bertz CT molecular complexity index is 2030. The number of rotatable bonds is 14. The van der Waals surface area contributed by atoms with E-state index in [1.807, 2.05) is 11.9 Å². The summed E-state index contributed by atoms with van der Waals surface area (Å²) in [5, 5.41) is 23.3. The Labute approximate surface area is 386 Å². The summed E-state index contributed by atoms with van der Waals surface area (Å²) < 4.78 is 0. The molecular weight excluding hydrogens is 821 g/mol. The Morgan fingerprint density at radius 3 is 2.19 bits per heavy atom. The van der Waals surface area contributed by atoms with E-state index in [-0.39, 0.29) is 11.9 Å². The molecule has 1 aliphatic heterocycles. The predicted molar refractivity (Wildman–Crippen MR) is 278 cm³/mol. The van der Waals surface area contributed by atoms with Gasteiger partial charge in [0.2, 0.25) is 12.3 Å². The molecule has 4 aromatic rings. The van der Waals surface area contributed by atoms with E-state index < -0.39 is 10.0 Å². The van der Waals surface area contributed by atoms with E-state index in [0.717, 1.165) is 100 Å². The molecule has 2 fully saturated rings. The molecule has 0 spiro atoms. The number of carbonyl (C=O) groups excluding carboxylic acids is 2. The monoisotopic (exact) mass is 903 g/mol. The van der Waals surface area contributed by atoms with Crippen LogP contribution in [-0.2, 0) is 16.1 Å². The second kappa shape index (κ2) is 29.5. The lowest BCUT2D eigenvalue weighted by molar-refractivity contribution is -0.132. The number of amides is 2. The lowest BCUT2D eigenvalue weighted by Gasteiger charge is -2.27. The van der Waals surface area contributed by atoms with Gasteiger partial charge in [0.05, 0.1) is 41.5 Å². The number of fused-ring (bicyclic) bond motifs is 3. The van der Waals surface area contributed by atoms with Crippen molar-refractivity contribution in [2.24, 2.45) is 28.5 Å². The highest BCUT2D eigenvalue weighted by Gasteiger charge is 2.37. The standard InChI is InChI=1S/C39H50N6O2S.C6H15N.C2H4O.C2H4.CH5N.CH4O/c1-26(2)17-38(47)45-25-48(5,6)23-33(45)20-41-36(21-40-4)29-10-8-28(9-11-29)30-12-15-34-31(19-30)13-16-35-39(34)43-37(42-35)22-44(24-46)32-14-7-27(3)18-32;1-5(2)6(3)7-4;1-2-3;3*1-2/h8-13,15-16,19,21,24,26-27,32-33,41H,4,7,14,17-18,20,22-23,25H2,1-3,5-6H3,(H,42,43);5-7H,1-4H3;2-3H,1H2;1-2H2;2H2,1H3;2H,1H3/b36-21-;;;;;. The Balaban J connectivity index is 0.00000112. The SMILES string of the molecule is C=C.C=CO.C=N/C=C(\NCC1CS(C)(C)CN1C(=O)CC(C)C)c1ccc(-c2ccc3c(ccc4[nH]c(CN(C=O)C5CCC(C)C5)nc43)c2)cc1.CN.CNC(C)C(C)C.CO. The minimum atomic E-state index is -0.835. The molecule has 3 aromatic carbocycles. The molecule has 2 heterocycles. The molecule has 1 aliphatic carbocycles. The number of aliphatic hydroxyl groups is 2. The van der Waals surface area contributed by atoms with Crippen LogP contribution in [0.4, 0.5) is 0 Å². The van der Waals surface area contributed by atoms with Crippen LogP contribution in [0.1, 0.15) is 78.6 Å². The van der Waals surface area contributed by atoms with Crippen LogP contribution in [0.3, 0.4) is 0 Å². The van der Waals surface area contributed by atoms with Gasteiger partial charge in [-0.15, -0.1) is 13.2 Å². The van der Waals surface area contributed by atoms with Gasteiger partial charge in [0.25, 0.3) is 0 Å². The molecule has 2 amide bonds. The number of H-pyrrole nitrogens is 1. The normalized spacial score (nSPS) is 18.3. The number of nitrogens with two attached hydrogens (primary N) is 1. The molecular formula is C51H82N8O4S. The second-order valence-electron chi connectivity index (χ2n) is 17.3. The Hall–Kier alpha value is -4.95. The van der Waals surface area contributed by atoms with E-state index in [1.165, 1.54) is 13.5 Å². The summed E-state index contributed by atoms with van der Waals surface area (Å²) >= 11 is 0. The molecule has 0 bridgehead atoms. The van der Waals surface area contributed by atoms with Gasteiger partial charge in [-0.2, -0.15) is 0 Å². The number of imidazole rings is 1. The molecule has 6 rings (SSSR count). The van der Waals surface area contributed by atoms with Gasteiger partial charge in [0.1, 0.15) is 5.82 Å². The van der Waals surface area contributed by atoms with E-state index in [4.69, 9.17) is 15.2 Å². The van der Waals surface area contributed by atoms with Crippen LogP contribution < -0.4 is 16.4 Å². The fourth-order valence-electron chi connectivity index (χ4n) is 7.78. The van der Waals surface area contributed by atoms with Crippen molar-refractivity contribution in [3.05, 3.63) is 98.2 Å². The molecule has 0 radical (unpaired) electrons. The van der Waals surface area contributed by atoms with Crippen LogP contribution in [0.15, 0.2) is 91.8 Å². The Kier molecular flexibility index (Phi) is 26.3. The number of benzene rings is 3. The quantitative estimate of drug-likeness (QED) is 0.0315. The average molecular weight is 903 g/mol. The molecule has 64 heavy (non-hydrogen) atoms. The van der Waals surface area contributed by atoms with E-state index in [0.29, 0.717) is 43.4 Å². The minimum Gasteiger partial charge on any atom is -0.516 e. The largest absolute Gasteiger partial charge is 0.516 e. The highest BCUT2D eigenvalue weighted by molar-refractivity contribution is 8.32. The molecule has 4 atom stereocenters.